The van der Waals surface area contributed by atoms with E-state index in [9.17, 15) is 4.79 Å². The molecule has 3 rings (SSSR count). The first-order chi connectivity index (χ1) is 12.1. The number of hydrogen-bond acceptors (Lipinski definition) is 4. The largest absolute Gasteiger partial charge is 0.480 e. The van der Waals surface area contributed by atoms with Gasteiger partial charge in [-0.05, 0) is 54.8 Å². The Balaban J connectivity index is 1.88. The van der Waals surface area contributed by atoms with Crippen LogP contribution in [-0.2, 0) is 15.1 Å². The molecule has 128 valence electrons. The Hall–Kier alpha value is -2.68. The van der Waals surface area contributed by atoms with Gasteiger partial charge in [-0.3, -0.25) is 0 Å². The van der Waals surface area contributed by atoms with Gasteiger partial charge in [0.2, 0.25) is 0 Å². The summed E-state index contributed by atoms with van der Waals surface area (Å²) in [7, 11) is 0. The van der Waals surface area contributed by atoms with Gasteiger partial charge in [0.1, 0.15) is 6.61 Å². The molecule has 1 aliphatic rings. The lowest BCUT2D eigenvalue weighted by molar-refractivity contribution is -0.153. The van der Waals surface area contributed by atoms with E-state index in [4.69, 9.17) is 15.1 Å². The van der Waals surface area contributed by atoms with Gasteiger partial charge in [0.25, 0.3) is 0 Å². The molecule has 0 atom stereocenters. The smallest absolute Gasteiger partial charge is 0.329 e. The molecule has 25 heavy (non-hydrogen) atoms. The highest BCUT2D eigenvalue weighted by Gasteiger charge is 2.35. The average Bonchev–Trinajstić information content (AvgIpc) is 2.67. The molecule has 2 aromatic rings. The summed E-state index contributed by atoms with van der Waals surface area (Å²) in [6.07, 6.45) is 1.48. The fraction of sp³-hybridized carbons (Fsp3) is 0.300. The Labute approximate surface area is 146 Å². The summed E-state index contributed by atoms with van der Waals surface area (Å²) in [6.45, 7) is 1.29. The number of carboxylic acid groups (broad SMARTS) is 1. The molecule has 1 saturated heterocycles. The molecule has 1 heterocycles. The number of benzene rings is 2. The summed E-state index contributed by atoms with van der Waals surface area (Å²) < 4.78 is 5.82. The monoisotopic (exact) mass is 336 g/mol. The molecule has 0 radical (unpaired) electrons. The van der Waals surface area contributed by atoms with Crippen LogP contribution in [0.5, 0.6) is 0 Å². The zero-order valence-electron chi connectivity index (χ0n) is 13.9. The van der Waals surface area contributed by atoms with Crippen LogP contribution in [0.25, 0.3) is 11.1 Å². The number of piperidine rings is 1. The molecule has 0 amide bonds. The predicted molar refractivity (Wildman–Crippen MR) is 94.0 cm³/mol. The maximum absolute atomic E-state index is 10.9. The molecule has 0 bridgehead atoms. The number of hydrogen-bond donors (Lipinski definition) is 2. The SMILES string of the molecule is N#Cc1cccc(-c2ccc(C3(OCC(=O)O)CCNCC3)cc2)c1. The first-order valence-electron chi connectivity index (χ1n) is 8.30. The van der Waals surface area contributed by atoms with E-state index in [1.54, 1.807) is 6.07 Å². The highest BCUT2D eigenvalue weighted by Crippen LogP contribution is 2.36. The third-order valence-electron chi connectivity index (χ3n) is 4.62. The number of rotatable bonds is 5. The molecule has 2 N–H and O–H groups in total. The van der Waals surface area contributed by atoms with Crippen LogP contribution in [-0.4, -0.2) is 30.8 Å². The summed E-state index contributed by atoms with van der Waals surface area (Å²) in [6, 6.07) is 17.6. The van der Waals surface area contributed by atoms with Crippen molar-refractivity contribution in [3.8, 4) is 17.2 Å². The van der Waals surface area contributed by atoms with Crippen molar-refractivity contribution in [2.75, 3.05) is 19.7 Å². The molecule has 5 heteroatoms. The normalized spacial score (nSPS) is 16.1. The molecule has 2 aromatic carbocycles. The molecule has 0 saturated carbocycles. The summed E-state index contributed by atoms with van der Waals surface area (Å²) in [5.74, 6) is -0.956. The Morgan fingerprint density at radius 3 is 2.52 bits per heavy atom. The minimum atomic E-state index is -0.956. The third kappa shape index (κ3) is 3.87. The molecule has 1 aliphatic heterocycles. The summed E-state index contributed by atoms with van der Waals surface area (Å²) >= 11 is 0. The van der Waals surface area contributed by atoms with Gasteiger partial charge in [0.15, 0.2) is 0 Å². The minimum Gasteiger partial charge on any atom is -0.480 e. The van der Waals surface area contributed by atoms with Crippen molar-refractivity contribution < 1.29 is 14.6 Å². The maximum Gasteiger partial charge on any atom is 0.329 e. The van der Waals surface area contributed by atoms with Crippen LogP contribution in [0.4, 0.5) is 0 Å². The van der Waals surface area contributed by atoms with E-state index in [1.807, 2.05) is 42.5 Å². The molecule has 0 unspecified atom stereocenters. The number of nitriles is 1. The lowest BCUT2D eigenvalue weighted by Crippen LogP contribution is -2.42. The summed E-state index contributed by atoms with van der Waals surface area (Å²) in [4.78, 5) is 10.9. The number of ether oxygens (including phenoxy) is 1. The Kier molecular flexibility index (Phi) is 5.13. The van der Waals surface area contributed by atoms with Crippen LogP contribution in [0.15, 0.2) is 48.5 Å². The third-order valence-corrected chi connectivity index (χ3v) is 4.62. The van der Waals surface area contributed by atoms with Crippen LogP contribution < -0.4 is 5.32 Å². The first kappa shape index (κ1) is 17.2. The highest BCUT2D eigenvalue weighted by atomic mass is 16.5. The van der Waals surface area contributed by atoms with E-state index in [2.05, 4.69) is 11.4 Å². The van der Waals surface area contributed by atoms with Gasteiger partial charge in [0.05, 0.1) is 17.2 Å². The molecule has 0 spiro atoms. The highest BCUT2D eigenvalue weighted by molar-refractivity contribution is 5.68. The summed E-state index contributed by atoms with van der Waals surface area (Å²) in [5.41, 5.74) is 3.06. The van der Waals surface area contributed by atoms with E-state index in [0.717, 1.165) is 42.6 Å². The van der Waals surface area contributed by atoms with Crippen molar-refractivity contribution in [1.82, 2.24) is 5.32 Å². The van der Waals surface area contributed by atoms with Crippen molar-refractivity contribution in [3.05, 3.63) is 59.7 Å². The Bertz CT molecular complexity index is 787. The van der Waals surface area contributed by atoms with E-state index < -0.39 is 11.6 Å². The standard InChI is InChI=1S/C20H20N2O3/c21-13-15-2-1-3-17(12-15)16-4-6-18(7-5-16)20(25-14-19(23)24)8-10-22-11-9-20/h1-7,12,22H,8-11,14H2,(H,23,24). The number of nitrogens with zero attached hydrogens (tertiary/aromatic N) is 1. The van der Waals surface area contributed by atoms with Gasteiger partial charge >= 0.3 is 5.97 Å². The van der Waals surface area contributed by atoms with E-state index in [-0.39, 0.29) is 6.61 Å². The van der Waals surface area contributed by atoms with E-state index in [1.165, 1.54) is 0 Å². The molecule has 0 aliphatic carbocycles. The predicted octanol–water partition coefficient (Wildman–Crippen LogP) is 2.91. The van der Waals surface area contributed by atoms with Crippen LogP contribution in [0.1, 0.15) is 24.0 Å². The molecular formula is C20H20N2O3. The molecule has 0 aromatic heterocycles. The quantitative estimate of drug-likeness (QED) is 0.877. The number of aliphatic carboxylic acids is 1. The van der Waals surface area contributed by atoms with Crippen LogP contribution >= 0.6 is 0 Å². The van der Waals surface area contributed by atoms with Crippen LogP contribution in [0.3, 0.4) is 0 Å². The second kappa shape index (κ2) is 7.47. The minimum absolute atomic E-state index is 0.300. The second-order valence-electron chi connectivity index (χ2n) is 6.20. The van der Waals surface area contributed by atoms with Gasteiger partial charge in [-0.2, -0.15) is 5.26 Å². The lowest BCUT2D eigenvalue weighted by atomic mass is 9.84. The Morgan fingerprint density at radius 1 is 1.16 bits per heavy atom. The topological polar surface area (TPSA) is 82.3 Å². The first-order valence-corrected chi connectivity index (χ1v) is 8.30. The maximum atomic E-state index is 10.9. The van der Waals surface area contributed by atoms with E-state index in [0.29, 0.717) is 5.56 Å². The Morgan fingerprint density at radius 2 is 1.88 bits per heavy atom. The number of carboxylic acids is 1. The van der Waals surface area contributed by atoms with Crippen molar-refractivity contribution >= 4 is 5.97 Å². The molecular weight excluding hydrogens is 316 g/mol. The van der Waals surface area contributed by atoms with Gasteiger partial charge < -0.3 is 15.2 Å². The number of carbonyl (C=O) groups is 1. The van der Waals surface area contributed by atoms with Crippen molar-refractivity contribution in [2.45, 2.75) is 18.4 Å². The zero-order chi connectivity index (χ0) is 17.7. The van der Waals surface area contributed by atoms with Crippen LogP contribution in [0, 0.1) is 11.3 Å². The van der Waals surface area contributed by atoms with Gasteiger partial charge in [-0.15, -0.1) is 0 Å². The average molecular weight is 336 g/mol. The van der Waals surface area contributed by atoms with Gasteiger partial charge in [-0.1, -0.05) is 36.4 Å². The fourth-order valence-corrected chi connectivity index (χ4v) is 3.28. The van der Waals surface area contributed by atoms with Crippen molar-refractivity contribution in [1.29, 1.82) is 5.26 Å². The lowest BCUT2D eigenvalue weighted by Gasteiger charge is -2.37. The zero-order valence-corrected chi connectivity index (χ0v) is 13.9. The molecule has 5 nitrogen and oxygen atoms in total. The second-order valence-corrected chi connectivity index (χ2v) is 6.20. The van der Waals surface area contributed by atoms with Crippen molar-refractivity contribution in [2.24, 2.45) is 0 Å². The molecule has 1 fully saturated rings. The fourth-order valence-electron chi connectivity index (χ4n) is 3.28. The number of nitrogens with one attached hydrogen (secondary N) is 1. The van der Waals surface area contributed by atoms with Gasteiger partial charge in [-0.25, -0.2) is 4.79 Å². The van der Waals surface area contributed by atoms with Crippen LogP contribution in [0.2, 0.25) is 0 Å². The van der Waals surface area contributed by atoms with E-state index >= 15 is 0 Å². The van der Waals surface area contributed by atoms with Gasteiger partial charge in [0, 0.05) is 0 Å². The van der Waals surface area contributed by atoms with Crippen molar-refractivity contribution in [3.63, 3.8) is 0 Å². The summed E-state index contributed by atoms with van der Waals surface area (Å²) in [5, 5.41) is 21.3.